The lowest BCUT2D eigenvalue weighted by molar-refractivity contribution is 0.0994. The molecule has 0 spiro atoms. The topological polar surface area (TPSA) is 62.1 Å². The van der Waals surface area contributed by atoms with E-state index < -0.39 is 5.91 Å². The summed E-state index contributed by atoms with van der Waals surface area (Å²) in [6.45, 7) is 0.907. The van der Waals surface area contributed by atoms with Crippen molar-refractivity contribution in [3.63, 3.8) is 0 Å². The van der Waals surface area contributed by atoms with Crippen LogP contribution >= 0.6 is 34.5 Å². The largest absolute Gasteiger partial charge is 0.497 e. The minimum atomic E-state index is -0.431. The molecule has 0 radical (unpaired) electrons. The summed E-state index contributed by atoms with van der Waals surface area (Å²) in [4.78, 5) is 17.7. The van der Waals surface area contributed by atoms with Crippen LogP contribution in [0.2, 0.25) is 10.0 Å². The number of thiazole rings is 1. The summed E-state index contributed by atoms with van der Waals surface area (Å²) >= 11 is 13.9. The molecule has 0 aliphatic carbocycles. The maximum atomic E-state index is 12.9. The Bertz CT molecular complexity index is 1090. The fraction of sp³-hybridized carbons (Fsp3) is 0.263. The number of halogens is 2. The molecule has 3 rings (SSSR count). The molecule has 0 aliphatic heterocycles. The molecule has 0 fully saturated rings. The molecule has 0 atom stereocenters. The van der Waals surface area contributed by atoms with Crippen molar-refractivity contribution in [3.8, 4) is 11.5 Å². The lowest BCUT2D eigenvalue weighted by Gasteiger charge is -2.08. The Hall–Kier alpha value is -2.06. The third-order valence-electron chi connectivity index (χ3n) is 4.09. The molecule has 2 aromatic carbocycles. The Morgan fingerprint density at radius 1 is 1.14 bits per heavy atom. The number of carbonyl (C=O) groups excluding carboxylic acids is 1. The third kappa shape index (κ3) is 4.03. The number of aromatic nitrogens is 1. The predicted molar refractivity (Wildman–Crippen MR) is 111 cm³/mol. The van der Waals surface area contributed by atoms with Gasteiger partial charge in [-0.05, 0) is 24.3 Å². The number of hydrogen-bond acceptors (Lipinski definition) is 5. The lowest BCUT2D eigenvalue weighted by Crippen LogP contribution is -2.19. The zero-order valence-electron chi connectivity index (χ0n) is 15.5. The highest BCUT2D eigenvalue weighted by molar-refractivity contribution is 7.16. The van der Waals surface area contributed by atoms with E-state index >= 15 is 0 Å². The van der Waals surface area contributed by atoms with Crippen LogP contribution in [0, 0.1) is 0 Å². The lowest BCUT2D eigenvalue weighted by atomic mass is 10.2. The first-order valence-electron chi connectivity index (χ1n) is 8.27. The molecule has 3 aromatic rings. The van der Waals surface area contributed by atoms with Crippen LogP contribution in [0.5, 0.6) is 11.5 Å². The Morgan fingerprint density at radius 2 is 1.93 bits per heavy atom. The van der Waals surface area contributed by atoms with Gasteiger partial charge in [0.2, 0.25) is 0 Å². The Morgan fingerprint density at radius 3 is 2.61 bits per heavy atom. The highest BCUT2D eigenvalue weighted by atomic mass is 35.5. The number of carbonyl (C=O) groups is 1. The summed E-state index contributed by atoms with van der Waals surface area (Å²) in [5.74, 6) is 0.546. The maximum Gasteiger partial charge on any atom is 0.283 e. The molecule has 1 aromatic heterocycles. The number of amides is 1. The van der Waals surface area contributed by atoms with Crippen LogP contribution in [0.15, 0.2) is 35.3 Å². The van der Waals surface area contributed by atoms with Gasteiger partial charge in [-0.1, -0.05) is 34.5 Å². The maximum absolute atomic E-state index is 12.9. The minimum Gasteiger partial charge on any atom is -0.497 e. The van der Waals surface area contributed by atoms with Crippen LogP contribution in [0.1, 0.15) is 10.4 Å². The zero-order chi connectivity index (χ0) is 20.3. The van der Waals surface area contributed by atoms with E-state index in [0.29, 0.717) is 45.1 Å². The minimum absolute atomic E-state index is 0.336. The number of nitrogens with zero attached hydrogens (tertiary/aromatic N) is 2. The standard InChI is InChI=1S/C19H18Cl2N2O4S/c1-25-9-8-23-17-15(7-6-13(20)16(17)21)28-19(23)22-18(24)12-5-4-11(26-2)10-14(12)27-3/h4-7,10H,8-9H2,1-3H3. The fourth-order valence-electron chi connectivity index (χ4n) is 2.70. The smallest absolute Gasteiger partial charge is 0.283 e. The fourth-order valence-corrected chi connectivity index (χ4v) is 4.24. The van der Waals surface area contributed by atoms with E-state index in [-0.39, 0.29) is 0 Å². The van der Waals surface area contributed by atoms with Crippen molar-refractivity contribution in [2.45, 2.75) is 6.54 Å². The van der Waals surface area contributed by atoms with Crippen molar-refractivity contribution in [2.75, 3.05) is 27.9 Å². The summed E-state index contributed by atoms with van der Waals surface area (Å²) in [5.41, 5.74) is 1.06. The molecule has 6 nitrogen and oxygen atoms in total. The van der Waals surface area contributed by atoms with Crippen LogP contribution in [0.3, 0.4) is 0 Å². The van der Waals surface area contributed by atoms with E-state index in [1.165, 1.54) is 18.4 Å². The van der Waals surface area contributed by atoms with Gasteiger partial charge in [-0.2, -0.15) is 4.99 Å². The van der Waals surface area contributed by atoms with Crippen molar-refractivity contribution < 1.29 is 19.0 Å². The Kier molecular flexibility index (Phi) is 6.61. The molecule has 28 heavy (non-hydrogen) atoms. The summed E-state index contributed by atoms with van der Waals surface area (Å²) in [5, 5.41) is 0.857. The number of hydrogen-bond donors (Lipinski definition) is 0. The van der Waals surface area contributed by atoms with Gasteiger partial charge in [0.1, 0.15) is 11.5 Å². The second-order valence-electron chi connectivity index (χ2n) is 5.72. The van der Waals surface area contributed by atoms with Crippen molar-refractivity contribution in [1.29, 1.82) is 0 Å². The van der Waals surface area contributed by atoms with Gasteiger partial charge >= 0.3 is 0 Å². The number of methoxy groups -OCH3 is 3. The number of fused-ring (bicyclic) bond motifs is 1. The van der Waals surface area contributed by atoms with Crippen molar-refractivity contribution in [2.24, 2.45) is 4.99 Å². The Balaban J connectivity index is 2.16. The molecule has 148 valence electrons. The molecular weight excluding hydrogens is 423 g/mol. The average molecular weight is 441 g/mol. The average Bonchev–Trinajstić information content (AvgIpc) is 3.06. The molecule has 9 heteroatoms. The molecular formula is C19H18Cl2N2O4S. The second-order valence-corrected chi connectivity index (χ2v) is 7.51. The van der Waals surface area contributed by atoms with E-state index in [2.05, 4.69) is 4.99 Å². The molecule has 0 bridgehead atoms. The van der Waals surface area contributed by atoms with Crippen LogP contribution in [0.4, 0.5) is 0 Å². The van der Waals surface area contributed by atoms with Crippen molar-refractivity contribution in [3.05, 3.63) is 50.7 Å². The van der Waals surface area contributed by atoms with Gasteiger partial charge in [-0.3, -0.25) is 4.79 Å². The van der Waals surface area contributed by atoms with E-state index in [1.807, 2.05) is 10.6 Å². The van der Waals surface area contributed by atoms with E-state index in [9.17, 15) is 4.79 Å². The summed E-state index contributed by atoms with van der Waals surface area (Å²) in [7, 11) is 4.64. The highest BCUT2D eigenvalue weighted by Crippen LogP contribution is 2.32. The van der Waals surface area contributed by atoms with Crippen LogP contribution in [-0.2, 0) is 11.3 Å². The number of benzene rings is 2. The highest BCUT2D eigenvalue weighted by Gasteiger charge is 2.16. The summed E-state index contributed by atoms with van der Waals surface area (Å²) in [6, 6.07) is 8.53. The Labute approximate surface area is 175 Å². The van der Waals surface area contributed by atoms with Gasteiger partial charge < -0.3 is 18.8 Å². The normalized spacial score (nSPS) is 11.8. The quantitative estimate of drug-likeness (QED) is 0.569. The van der Waals surface area contributed by atoms with Gasteiger partial charge in [0.25, 0.3) is 5.91 Å². The summed E-state index contributed by atoms with van der Waals surface area (Å²) < 4.78 is 18.4. The molecule has 0 unspecified atom stereocenters. The summed E-state index contributed by atoms with van der Waals surface area (Å²) in [6.07, 6.45) is 0. The van der Waals surface area contributed by atoms with Gasteiger partial charge in [-0.25, -0.2) is 0 Å². The molecule has 0 aliphatic rings. The van der Waals surface area contributed by atoms with Crippen LogP contribution < -0.4 is 14.3 Å². The van der Waals surface area contributed by atoms with Crippen LogP contribution in [0.25, 0.3) is 10.2 Å². The molecule has 0 saturated heterocycles. The van der Waals surface area contributed by atoms with Gasteiger partial charge in [0.05, 0.1) is 46.7 Å². The molecule has 0 saturated carbocycles. The monoisotopic (exact) mass is 440 g/mol. The zero-order valence-corrected chi connectivity index (χ0v) is 17.8. The molecule has 0 N–H and O–H groups in total. The van der Waals surface area contributed by atoms with Gasteiger partial charge in [-0.15, -0.1) is 0 Å². The van der Waals surface area contributed by atoms with Gasteiger partial charge in [0, 0.05) is 19.7 Å². The third-order valence-corrected chi connectivity index (χ3v) is 5.93. The number of rotatable bonds is 6. The number of ether oxygens (including phenoxy) is 3. The van der Waals surface area contributed by atoms with E-state index in [0.717, 1.165) is 10.2 Å². The molecule has 1 heterocycles. The van der Waals surface area contributed by atoms with Gasteiger partial charge in [0.15, 0.2) is 4.80 Å². The first-order chi connectivity index (χ1) is 13.5. The first-order valence-corrected chi connectivity index (χ1v) is 9.84. The van der Waals surface area contributed by atoms with E-state index in [1.54, 1.807) is 38.5 Å². The van der Waals surface area contributed by atoms with Crippen molar-refractivity contribution >= 4 is 50.7 Å². The van der Waals surface area contributed by atoms with E-state index in [4.69, 9.17) is 37.4 Å². The first kappa shape index (κ1) is 20.7. The predicted octanol–water partition coefficient (Wildman–Crippen LogP) is 4.41. The second kappa shape index (κ2) is 8.96. The van der Waals surface area contributed by atoms with Crippen LogP contribution in [-0.4, -0.2) is 38.4 Å². The SMILES string of the molecule is COCCn1c(=NC(=O)c2ccc(OC)cc2OC)sc2ccc(Cl)c(Cl)c21. The van der Waals surface area contributed by atoms with Crippen molar-refractivity contribution in [1.82, 2.24) is 4.57 Å². The molecule has 1 amide bonds.